The Morgan fingerprint density at radius 1 is 1.14 bits per heavy atom. The van der Waals surface area contributed by atoms with Gasteiger partial charge in [0.1, 0.15) is 5.82 Å². The summed E-state index contributed by atoms with van der Waals surface area (Å²) in [7, 11) is 0. The molecule has 0 bridgehead atoms. The van der Waals surface area contributed by atoms with Gasteiger partial charge in [0.15, 0.2) is 0 Å². The van der Waals surface area contributed by atoms with Gasteiger partial charge in [-0.3, -0.25) is 4.98 Å². The third kappa shape index (κ3) is 4.97. The summed E-state index contributed by atoms with van der Waals surface area (Å²) in [5.41, 5.74) is 14.1. The molecular formula is C20H17ClF3N5. The number of nitrogen functional groups attached to an aromatic ring is 1. The van der Waals surface area contributed by atoms with Gasteiger partial charge in [-0.2, -0.15) is 13.2 Å². The lowest BCUT2D eigenvalue weighted by Gasteiger charge is -2.14. The van der Waals surface area contributed by atoms with E-state index in [1.807, 2.05) is 6.07 Å². The predicted octanol–water partition coefficient (Wildman–Crippen LogP) is 4.69. The monoisotopic (exact) mass is 419 g/mol. The Bertz CT molecular complexity index is 1030. The summed E-state index contributed by atoms with van der Waals surface area (Å²) in [5.74, 6) is 0.207. The number of benzene rings is 1. The van der Waals surface area contributed by atoms with Gasteiger partial charge in [0, 0.05) is 36.3 Å². The summed E-state index contributed by atoms with van der Waals surface area (Å²) < 4.78 is 38.0. The molecular weight excluding hydrogens is 403 g/mol. The van der Waals surface area contributed by atoms with Crippen molar-refractivity contribution in [2.45, 2.75) is 12.6 Å². The van der Waals surface area contributed by atoms with Crippen molar-refractivity contribution in [2.75, 3.05) is 11.1 Å². The van der Waals surface area contributed by atoms with Crippen LogP contribution in [0.5, 0.6) is 0 Å². The van der Waals surface area contributed by atoms with Crippen LogP contribution in [0.25, 0.3) is 5.70 Å². The van der Waals surface area contributed by atoms with Crippen molar-refractivity contribution in [3.8, 4) is 0 Å². The maximum absolute atomic E-state index is 12.7. The minimum Gasteiger partial charge on any atom is -0.403 e. The molecule has 0 atom stereocenters. The molecule has 2 aromatic heterocycles. The molecule has 3 aromatic rings. The first-order valence-corrected chi connectivity index (χ1v) is 8.86. The summed E-state index contributed by atoms with van der Waals surface area (Å²) in [4.78, 5) is 8.03. The van der Waals surface area contributed by atoms with E-state index in [9.17, 15) is 13.2 Å². The number of hydrogen-bond acceptors (Lipinski definition) is 5. The van der Waals surface area contributed by atoms with Gasteiger partial charge in [-0.25, -0.2) is 4.98 Å². The second kappa shape index (κ2) is 8.40. The molecule has 150 valence electrons. The molecule has 0 aliphatic carbocycles. The Morgan fingerprint density at radius 2 is 1.93 bits per heavy atom. The fraction of sp³-hybridized carbons (Fsp3) is 0.100. The normalized spacial score (nSPS) is 12.1. The van der Waals surface area contributed by atoms with Gasteiger partial charge in [0.2, 0.25) is 0 Å². The lowest BCUT2D eigenvalue weighted by atomic mass is 10.0. The number of hydrogen-bond donors (Lipinski definition) is 3. The number of pyridine rings is 2. The van der Waals surface area contributed by atoms with Gasteiger partial charge in [-0.1, -0.05) is 23.7 Å². The Labute approximate surface area is 170 Å². The van der Waals surface area contributed by atoms with Gasteiger partial charge in [0.25, 0.3) is 0 Å². The van der Waals surface area contributed by atoms with Crippen LogP contribution in [-0.4, -0.2) is 9.97 Å². The van der Waals surface area contributed by atoms with Crippen LogP contribution in [-0.2, 0) is 12.6 Å². The van der Waals surface area contributed by atoms with Crippen LogP contribution in [0.4, 0.5) is 24.7 Å². The largest absolute Gasteiger partial charge is 0.417 e. The highest BCUT2D eigenvalue weighted by molar-refractivity contribution is 6.31. The van der Waals surface area contributed by atoms with Crippen molar-refractivity contribution in [2.24, 2.45) is 5.73 Å². The molecule has 0 aliphatic heterocycles. The molecule has 0 radical (unpaired) electrons. The summed E-state index contributed by atoms with van der Waals surface area (Å²) in [5, 5.41) is 3.45. The van der Waals surface area contributed by atoms with Crippen molar-refractivity contribution in [3.63, 3.8) is 0 Å². The van der Waals surface area contributed by atoms with Crippen molar-refractivity contribution < 1.29 is 13.2 Å². The molecule has 2 heterocycles. The van der Waals surface area contributed by atoms with E-state index in [4.69, 9.17) is 23.1 Å². The zero-order valence-corrected chi connectivity index (χ0v) is 15.8. The average Bonchev–Trinajstić information content (AvgIpc) is 2.68. The van der Waals surface area contributed by atoms with Crippen LogP contribution < -0.4 is 16.8 Å². The van der Waals surface area contributed by atoms with E-state index in [0.717, 1.165) is 23.5 Å². The van der Waals surface area contributed by atoms with Crippen LogP contribution >= 0.6 is 11.6 Å². The van der Waals surface area contributed by atoms with E-state index >= 15 is 0 Å². The number of nitrogens with two attached hydrogens (primary N) is 2. The molecule has 9 heteroatoms. The van der Waals surface area contributed by atoms with Crippen molar-refractivity contribution >= 4 is 28.8 Å². The van der Waals surface area contributed by atoms with E-state index in [2.05, 4.69) is 15.3 Å². The maximum Gasteiger partial charge on any atom is 0.417 e. The minimum atomic E-state index is -4.45. The highest BCUT2D eigenvalue weighted by Crippen LogP contribution is 2.30. The fourth-order valence-electron chi connectivity index (χ4n) is 2.68. The van der Waals surface area contributed by atoms with Gasteiger partial charge >= 0.3 is 6.18 Å². The Morgan fingerprint density at radius 3 is 2.52 bits per heavy atom. The van der Waals surface area contributed by atoms with Gasteiger partial charge in [0.05, 0.1) is 22.0 Å². The Balaban J connectivity index is 1.79. The van der Waals surface area contributed by atoms with Crippen molar-refractivity contribution in [1.82, 2.24) is 9.97 Å². The fourth-order valence-corrected chi connectivity index (χ4v) is 2.87. The predicted molar refractivity (Wildman–Crippen MR) is 108 cm³/mol. The molecule has 5 N–H and O–H groups in total. The lowest BCUT2D eigenvalue weighted by Crippen LogP contribution is -2.08. The number of alkyl halides is 3. The second-order valence-corrected chi connectivity index (χ2v) is 6.57. The molecule has 0 saturated heterocycles. The molecule has 1 aromatic carbocycles. The van der Waals surface area contributed by atoms with E-state index in [-0.39, 0.29) is 5.82 Å². The molecule has 0 fully saturated rings. The SMILES string of the molecule is N/C=C(/Nc1ccc(C(F)(F)F)cn1)c1ccc(Cc2ncccc2Cl)cc1N. The summed E-state index contributed by atoms with van der Waals surface area (Å²) >= 11 is 6.14. The molecule has 0 unspecified atom stereocenters. The minimum absolute atomic E-state index is 0.207. The maximum atomic E-state index is 12.7. The van der Waals surface area contributed by atoms with Gasteiger partial charge in [-0.05, 0) is 35.9 Å². The van der Waals surface area contributed by atoms with Crippen LogP contribution in [0, 0.1) is 0 Å². The number of aromatic nitrogens is 2. The first-order chi connectivity index (χ1) is 13.8. The number of anilines is 2. The van der Waals surface area contributed by atoms with E-state index in [0.29, 0.717) is 28.4 Å². The van der Waals surface area contributed by atoms with Crippen molar-refractivity contribution in [1.29, 1.82) is 0 Å². The Hall–Kier alpha value is -3.26. The number of rotatable bonds is 5. The Kier molecular flexibility index (Phi) is 5.93. The lowest BCUT2D eigenvalue weighted by molar-refractivity contribution is -0.137. The summed E-state index contributed by atoms with van der Waals surface area (Å²) in [6.07, 6.45) is -0.260. The standard InChI is InChI=1S/C20H17ClF3N5/c21-15-2-1-7-27-17(15)9-12-3-5-14(16(26)8-12)18(10-25)29-19-6-4-13(11-28-19)20(22,23)24/h1-8,10-11H,9,25-26H2,(H,28,29)/b18-10+. The number of nitrogens with one attached hydrogen (secondary N) is 1. The van der Waals surface area contributed by atoms with Crippen LogP contribution in [0.2, 0.25) is 5.02 Å². The molecule has 0 aliphatic rings. The van der Waals surface area contributed by atoms with Gasteiger partial charge < -0.3 is 16.8 Å². The number of nitrogens with zero attached hydrogens (tertiary/aromatic N) is 2. The van der Waals surface area contributed by atoms with Crippen LogP contribution in [0.15, 0.2) is 61.1 Å². The number of halogens is 4. The third-order valence-electron chi connectivity index (χ3n) is 4.13. The van der Waals surface area contributed by atoms with Crippen molar-refractivity contribution in [3.05, 3.63) is 88.5 Å². The molecule has 3 rings (SSSR count). The first-order valence-electron chi connectivity index (χ1n) is 8.48. The first kappa shape index (κ1) is 20.5. The van der Waals surface area contributed by atoms with E-state index in [1.54, 1.807) is 30.5 Å². The average molecular weight is 420 g/mol. The zero-order valence-electron chi connectivity index (χ0n) is 15.0. The quantitative estimate of drug-likeness (QED) is 0.522. The third-order valence-corrected chi connectivity index (χ3v) is 4.48. The van der Waals surface area contributed by atoms with E-state index < -0.39 is 11.7 Å². The van der Waals surface area contributed by atoms with E-state index in [1.165, 1.54) is 12.3 Å². The zero-order chi connectivity index (χ0) is 21.0. The smallest absolute Gasteiger partial charge is 0.403 e. The summed E-state index contributed by atoms with van der Waals surface area (Å²) in [6, 6.07) is 11.1. The highest BCUT2D eigenvalue weighted by atomic mass is 35.5. The van der Waals surface area contributed by atoms with Crippen LogP contribution in [0.3, 0.4) is 0 Å². The topological polar surface area (TPSA) is 89.8 Å². The highest BCUT2D eigenvalue weighted by Gasteiger charge is 2.30. The van der Waals surface area contributed by atoms with Gasteiger partial charge in [-0.15, -0.1) is 0 Å². The molecule has 5 nitrogen and oxygen atoms in total. The second-order valence-electron chi connectivity index (χ2n) is 6.17. The molecule has 0 spiro atoms. The molecule has 0 amide bonds. The van der Waals surface area contributed by atoms with Crippen LogP contribution in [0.1, 0.15) is 22.4 Å². The molecule has 0 saturated carbocycles. The molecule has 29 heavy (non-hydrogen) atoms. The summed E-state index contributed by atoms with van der Waals surface area (Å²) in [6.45, 7) is 0.